The maximum atomic E-state index is 4.42. The quantitative estimate of drug-likeness (QED) is 0.830. The van der Waals surface area contributed by atoms with Gasteiger partial charge in [-0.25, -0.2) is 4.98 Å². The minimum atomic E-state index is 0.973. The highest BCUT2D eigenvalue weighted by molar-refractivity contribution is 7.13. The maximum absolute atomic E-state index is 4.42. The lowest BCUT2D eigenvalue weighted by atomic mass is 10.0. The second-order valence-corrected chi connectivity index (χ2v) is 4.73. The molecule has 0 saturated heterocycles. The Kier molecular flexibility index (Phi) is 2.46. The highest BCUT2D eigenvalue weighted by Gasteiger charge is 2.08. The SMILES string of the molecule is C1=CCCC(c2cnc(-c3cccs3)[nH]2)=C1. The van der Waals surface area contributed by atoms with Gasteiger partial charge in [0.05, 0.1) is 16.8 Å². The molecule has 2 aromatic rings. The molecular weight excluding hydrogens is 216 g/mol. The standard InChI is InChI=1S/C13H12N2S/c1-2-5-10(6-3-1)11-9-14-13(15-11)12-7-4-8-16-12/h1-2,4-5,7-9H,3,6H2,(H,14,15). The van der Waals surface area contributed by atoms with Crippen LogP contribution in [0.4, 0.5) is 0 Å². The van der Waals surface area contributed by atoms with E-state index < -0.39 is 0 Å². The van der Waals surface area contributed by atoms with Gasteiger partial charge in [0.2, 0.25) is 0 Å². The molecule has 3 rings (SSSR count). The van der Waals surface area contributed by atoms with Gasteiger partial charge in [0.15, 0.2) is 0 Å². The van der Waals surface area contributed by atoms with Crippen molar-refractivity contribution < 1.29 is 0 Å². The molecule has 1 N–H and O–H groups in total. The highest BCUT2D eigenvalue weighted by atomic mass is 32.1. The van der Waals surface area contributed by atoms with E-state index in [1.807, 2.05) is 12.3 Å². The van der Waals surface area contributed by atoms with Gasteiger partial charge >= 0.3 is 0 Å². The molecule has 1 aliphatic carbocycles. The Morgan fingerprint density at radius 1 is 1.38 bits per heavy atom. The van der Waals surface area contributed by atoms with Gasteiger partial charge in [0.25, 0.3) is 0 Å². The number of nitrogens with one attached hydrogen (secondary N) is 1. The molecule has 0 radical (unpaired) electrons. The second-order valence-electron chi connectivity index (χ2n) is 3.78. The van der Waals surface area contributed by atoms with Crippen LogP contribution in [0.2, 0.25) is 0 Å². The van der Waals surface area contributed by atoms with Gasteiger partial charge in [-0.15, -0.1) is 11.3 Å². The van der Waals surface area contributed by atoms with E-state index in [0.29, 0.717) is 0 Å². The molecule has 0 amide bonds. The van der Waals surface area contributed by atoms with Crippen LogP contribution in [0.15, 0.2) is 41.9 Å². The summed E-state index contributed by atoms with van der Waals surface area (Å²) in [6.07, 6.45) is 10.6. The summed E-state index contributed by atoms with van der Waals surface area (Å²) in [6.45, 7) is 0. The lowest BCUT2D eigenvalue weighted by Gasteiger charge is -2.05. The third-order valence-corrected chi connectivity index (χ3v) is 3.57. The number of aromatic amines is 1. The Morgan fingerprint density at radius 2 is 2.38 bits per heavy atom. The van der Waals surface area contributed by atoms with Crippen LogP contribution in [0, 0.1) is 0 Å². The molecular formula is C13H12N2S. The number of thiophene rings is 1. The highest BCUT2D eigenvalue weighted by Crippen LogP contribution is 2.26. The lowest BCUT2D eigenvalue weighted by Crippen LogP contribution is -1.87. The Morgan fingerprint density at radius 3 is 3.12 bits per heavy atom. The molecule has 0 bridgehead atoms. The zero-order valence-corrected chi connectivity index (χ0v) is 9.63. The molecule has 2 heterocycles. The van der Waals surface area contributed by atoms with E-state index in [4.69, 9.17) is 0 Å². The van der Waals surface area contributed by atoms with Crippen molar-refractivity contribution in [2.75, 3.05) is 0 Å². The third-order valence-electron chi connectivity index (χ3n) is 2.69. The molecule has 0 aromatic carbocycles. The summed E-state index contributed by atoms with van der Waals surface area (Å²) in [7, 11) is 0. The van der Waals surface area contributed by atoms with Gasteiger partial charge in [-0.3, -0.25) is 0 Å². The van der Waals surface area contributed by atoms with E-state index in [1.165, 1.54) is 10.5 Å². The molecule has 16 heavy (non-hydrogen) atoms. The van der Waals surface area contributed by atoms with Gasteiger partial charge in [-0.2, -0.15) is 0 Å². The smallest absolute Gasteiger partial charge is 0.147 e. The first-order chi connectivity index (χ1) is 7.93. The minimum absolute atomic E-state index is 0.973. The monoisotopic (exact) mass is 228 g/mol. The molecule has 0 spiro atoms. The molecule has 3 heteroatoms. The second kappa shape index (κ2) is 4.10. The lowest BCUT2D eigenvalue weighted by molar-refractivity contribution is 1.04. The average Bonchev–Trinajstić information content (AvgIpc) is 3.01. The molecule has 0 aliphatic heterocycles. The number of nitrogens with zero attached hydrogens (tertiary/aromatic N) is 1. The Hall–Kier alpha value is -1.61. The normalized spacial score (nSPS) is 15.1. The van der Waals surface area contributed by atoms with Gasteiger partial charge < -0.3 is 4.98 Å². The van der Waals surface area contributed by atoms with Crippen molar-refractivity contribution in [2.24, 2.45) is 0 Å². The number of hydrogen-bond acceptors (Lipinski definition) is 2. The van der Waals surface area contributed by atoms with Crippen LogP contribution in [0.25, 0.3) is 16.3 Å². The topological polar surface area (TPSA) is 28.7 Å². The largest absolute Gasteiger partial charge is 0.338 e. The van der Waals surface area contributed by atoms with Gasteiger partial charge in [-0.1, -0.05) is 24.3 Å². The minimum Gasteiger partial charge on any atom is -0.338 e. The van der Waals surface area contributed by atoms with Crippen molar-refractivity contribution in [1.82, 2.24) is 9.97 Å². The van der Waals surface area contributed by atoms with Crippen molar-refractivity contribution in [1.29, 1.82) is 0 Å². The van der Waals surface area contributed by atoms with E-state index in [2.05, 4.69) is 39.6 Å². The molecule has 2 nitrogen and oxygen atoms in total. The number of rotatable bonds is 2. The van der Waals surface area contributed by atoms with Crippen molar-refractivity contribution in [3.8, 4) is 10.7 Å². The average molecular weight is 228 g/mol. The number of imidazole rings is 1. The molecule has 0 atom stereocenters. The molecule has 1 aliphatic rings. The van der Waals surface area contributed by atoms with Crippen LogP contribution in [-0.2, 0) is 0 Å². The summed E-state index contributed by atoms with van der Waals surface area (Å²) >= 11 is 1.71. The summed E-state index contributed by atoms with van der Waals surface area (Å²) < 4.78 is 0. The van der Waals surface area contributed by atoms with Crippen LogP contribution in [0.3, 0.4) is 0 Å². The number of H-pyrrole nitrogens is 1. The van der Waals surface area contributed by atoms with Crippen LogP contribution in [0.1, 0.15) is 18.5 Å². The number of aromatic nitrogens is 2. The summed E-state index contributed by atoms with van der Waals surface area (Å²) in [5.74, 6) is 0.973. The Bertz CT molecular complexity index is 532. The maximum Gasteiger partial charge on any atom is 0.147 e. The summed E-state index contributed by atoms with van der Waals surface area (Å²) in [6, 6.07) is 4.13. The summed E-state index contributed by atoms with van der Waals surface area (Å²) in [4.78, 5) is 9.00. The van der Waals surface area contributed by atoms with E-state index in [1.54, 1.807) is 11.3 Å². The first kappa shape index (κ1) is 9.60. The zero-order chi connectivity index (χ0) is 10.8. The van der Waals surface area contributed by atoms with E-state index >= 15 is 0 Å². The fourth-order valence-corrected chi connectivity index (χ4v) is 2.53. The van der Waals surface area contributed by atoms with E-state index in [9.17, 15) is 0 Å². The Balaban J connectivity index is 1.93. The molecule has 0 fully saturated rings. The van der Waals surface area contributed by atoms with Crippen LogP contribution >= 0.6 is 11.3 Å². The first-order valence-corrected chi connectivity index (χ1v) is 6.26. The van der Waals surface area contributed by atoms with E-state index in [-0.39, 0.29) is 0 Å². The predicted octanol–water partition coefficient (Wildman–Crippen LogP) is 3.87. The van der Waals surface area contributed by atoms with Crippen LogP contribution in [0.5, 0.6) is 0 Å². The fraction of sp³-hybridized carbons (Fsp3) is 0.154. The van der Waals surface area contributed by atoms with Gasteiger partial charge in [0, 0.05) is 0 Å². The molecule has 2 aromatic heterocycles. The fourth-order valence-electron chi connectivity index (χ4n) is 1.85. The van der Waals surface area contributed by atoms with Crippen molar-refractivity contribution in [2.45, 2.75) is 12.8 Å². The van der Waals surface area contributed by atoms with Gasteiger partial charge in [-0.05, 0) is 29.9 Å². The van der Waals surface area contributed by atoms with Crippen molar-refractivity contribution in [3.63, 3.8) is 0 Å². The zero-order valence-electron chi connectivity index (χ0n) is 8.81. The van der Waals surface area contributed by atoms with E-state index in [0.717, 1.165) is 24.4 Å². The van der Waals surface area contributed by atoms with Crippen molar-refractivity contribution >= 4 is 16.9 Å². The molecule has 0 unspecified atom stereocenters. The van der Waals surface area contributed by atoms with Crippen LogP contribution < -0.4 is 0 Å². The predicted molar refractivity (Wildman–Crippen MR) is 68.3 cm³/mol. The third kappa shape index (κ3) is 1.74. The van der Waals surface area contributed by atoms with Gasteiger partial charge in [0.1, 0.15) is 5.82 Å². The first-order valence-electron chi connectivity index (χ1n) is 5.38. The molecule has 80 valence electrons. The Labute approximate surface area is 98.4 Å². The summed E-state index contributed by atoms with van der Waals surface area (Å²) in [5, 5.41) is 2.07. The van der Waals surface area contributed by atoms with Crippen molar-refractivity contribution in [3.05, 3.63) is 47.6 Å². The molecule has 0 saturated carbocycles. The number of allylic oxidation sites excluding steroid dienone is 4. The summed E-state index contributed by atoms with van der Waals surface area (Å²) in [5.41, 5.74) is 2.49. The number of hydrogen-bond donors (Lipinski definition) is 1. The van der Waals surface area contributed by atoms with Crippen LogP contribution in [-0.4, -0.2) is 9.97 Å².